The van der Waals surface area contributed by atoms with Gasteiger partial charge in [0.25, 0.3) is 0 Å². The SMILES string of the molecule is CCOc1ccc(Br)cc1C(N)C1CCCC1. The van der Waals surface area contributed by atoms with E-state index in [0.29, 0.717) is 12.5 Å². The minimum absolute atomic E-state index is 0.108. The maximum atomic E-state index is 6.40. The Morgan fingerprint density at radius 3 is 2.76 bits per heavy atom. The fourth-order valence-corrected chi connectivity index (χ4v) is 3.02. The van der Waals surface area contributed by atoms with Crippen LogP contribution in [0.15, 0.2) is 22.7 Å². The molecule has 1 aromatic carbocycles. The molecule has 2 nitrogen and oxygen atoms in total. The first kappa shape index (κ1) is 12.9. The zero-order chi connectivity index (χ0) is 12.3. The second-order valence-corrected chi connectivity index (χ2v) is 5.60. The lowest BCUT2D eigenvalue weighted by Crippen LogP contribution is -2.20. The van der Waals surface area contributed by atoms with Crippen LogP contribution in [0.1, 0.15) is 44.2 Å². The van der Waals surface area contributed by atoms with E-state index in [2.05, 4.69) is 22.0 Å². The third-order valence-corrected chi connectivity index (χ3v) is 4.03. The lowest BCUT2D eigenvalue weighted by molar-refractivity contribution is 0.327. The van der Waals surface area contributed by atoms with Crippen molar-refractivity contribution in [3.05, 3.63) is 28.2 Å². The summed E-state index contributed by atoms with van der Waals surface area (Å²) in [4.78, 5) is 0. The summed E-state index contributed by atoms with van der Waals surface area (Å²) in [6.45, 7) is 2.69. The molecule has 0 saturated heterocycles. The molecule has 0 radical (unpaired) electrons. The van der Waals surface area contributed by atoms with Crippen molar-refractivity contribution >= 4 is 15.9 Å². The maximum Gasteiger partial charge on any atom is 0.124 e. The van der Waals surface area contributed by atoms with Crippen LogP contribution >= 0.6 is 15.9 Å². The summed E-state index contributed by atoms with van der Waals surface area (Å²) in [6, 6.07) is 6.23. The number of rotatable bonds is 4. The van der Waals surface area contributed by atoms with E-state index >= 15 is 0 Å². The molecule has 1 unspecified atom stereocenters. The Morgan fingerprint density at radius 2 is 2.12 bits per heavy atom. The zero-order valence-electron chi connectivity index (χ0n) is 10.3. The summed E-state index contributed by atoms with van der Waals surface area (Å²) in [6.07, 6.45) is 5.13. The van der Waals surface area contributed by atoms with Gasteiger partial charge in [-0.15, -0.1) is 0 Å². The first-order valence-electron chi connectivity index (χ1n) is 6.40. The molecule has 0 aromatic heterocycles. The predicted molar refractivity (Wildman–Crippen MR) is 74.2 cm³/mol. The Bertz CT molecular complexity index is 374. The standard InChI is InChI=1S/C14H20BrNO/c1-2-17-13-8-7-11(15)9-12(13)14(16)10-5-3-4-6-10/h7-10,14H,2-6,16H2,1H3. The second kappa shape index (κ2) is 5.87. The van der Waals surface area contributed by atoms with Crippen molar-refractivity contribution in [1.82, 2.24) is 0 Å². The van der Waals surface area contributed by atoms with E-state index in [1.54, 1.807) is 0 Å². The zero-order valence-corrected chi connectivity index (χ0v) is 11.9. The summed E-state index contributed by atoms with van der Waals surface area (Å²) < 4.78 is 6.75. The van der Waals surface area contributed by atoms with Gasteiger partial charge in [0.1, 0.15) is 5.75 Å². The second-order valence-electron chi connectivity index (χ2n) is 4.69. The van der Waals surface area contributed by atoms with Crippen LogP contribution in [0.4, 0.5) is 0 Å². The number of hydrogen-bond acceptors (Lipinski definition) is 2. The van der Waals surface area contributed by atoms with Crippen molar-refractivity contribution in [3.63, 3.8) is 0 Å². The average Bonchev–Trinajstić information content (AvgIpc) is 2.84. The number of nitrogens with two attached hydrogens (primary N) is 1. The molecular weight excluding hydrogens is 278 g/mol. The van der Waals surface area contributed by atoms with Gasteiger partial charge in [-0.2, -0.15) is 0 Å². The highest BCUT2D eigenvalue weighted by Gasteiger charge is 2.25. The number of ether oxygens (including phenoxy) is 1. The van der Waals surface area contributed by atoms with E-state index in [1.165, 1.54) is 25.7 Å². The lowest BCUT2D eigenvalue weighted by atomic mass is 9.92. The van der Waals surface area contributed by atoms with E-state index in [9.17, 15) is 0 Å². The van der Waals surface area contributed by atoms with E-state index in [1.807, 2.05) is 19.1 Å². The number of halogens is 1. The highest BCUT2D eigenvalue weighted by molar-refractivity contribution is 9.10. The maximum absolute atomic E-state index is 6.40. The summed E-state index contributed by atoms with van der Waals surface area (Å²) in [7, 11) is 0. The van der Waals surface area contributed by atoms with Crippen molar-refractivity contribution < 1.29 is 4.74 Å². The third kappa shape index (κ3) is 3.02. The molecule has 0 heterocycles. The molecule has 0 bridgehead atoms. The number of benzene rings is 1. The molecule has 2 N–H and O–H groups in total. The van der Waals surface area contributed by atoms with E-state index in [0.717, 1.165) is 15.8 Å². The van der Waals surface area contributed by atoms with Gasteiger partial charge in [0, 0.05) is 16.1 Å². The quantitative estimate of drug-likeness (QED) is 0.910. The van der Waals surface area contributed by atoms with Crippen molar-refractivity contribution in [2.45, 2.75) is 38.6 Å². The topological polar surface area (TPSA) is 35.2 Å². The summed E-state index contributed by atoms with van der Waals surface area (Å²) >= 11 is 3.51. The fraction of sp³-hybridized carbons (Fsp3) is 0.571. The van der Waals surface area contributed by atoms with Crippen molar-refractivity contribution in [1.29, 1.82) is 0 Å². The van der Waals surface area contributed by atoms with Crippen LogP contribution in [-0.4, -0.2) is 6.61 Å². The molecule has 94 valence electrons. The molecule has 1 aliphatic rings. The monoisotopic (exact) mass is 297 g/mol. The number of hydrogen-bond donors (Lipinski definition) is 1. The van der Waals surface area contributed by atoms with Gasteiger partial charge in [-0.3, -0.25) is 0 Å². The van der Waals surface area contributed by atoms with Crippen LogP contribution in [0.25, 0.3) is 0 Å². The molecule has 2 rings (SSSR count). The summed E-state index contributed by atoms with van der Waals surface area (Å²) in [5.41, 5.74) is 7.55. The van der Waals surface area contributed by atoms with Crippen LogP contribution in [0.3, 0.4) is 0 Å². The highest BCUT2D eigenvalue weighted by atomic mass is 79.9. The van der Waals surface area contributed by atoms with E-state index in [-0.39, 0.29) is 6.04 Å². The van der Waals surface area contributed by atoms with Gasteiger partial charge in [-0.05, 0) is 43.9 Å². The van der Waals surface area contributed by atoms with Gasteiger partial charge in [-0.25, -0.2) is 0 Å². The Morgan fingerprint density at radius 1 is 1.41 bits per heavy atom. The van der Waals surface area contributed by atoms with Gasteiger partial charge in [0.2, 0.25) is 0 Å². The Hall–Kier alpha value is -0.540. The highest BCUT2D eigenvalue weighted by Crippen LogP contribution is 2.38. The largest absolute Gasteiger partial charge is 0.494 e. The van der Waals surface area contributed by atoms with E-state index < -0.39 is 0 Å². The molecule has 1 fully saturated rings. The van der Waals surface area contributed by atoms with E-state index in [4.69, 9.17) is 10.5 Å². The normalized spacial score (nSPS) is 18.3. The molecular formula is C14H20BrNO. The first-order valence-corrected chi connectivity index (χ1v) is 7.19. The molecule has 1 atom stereocenters. The molecule has 1 aromatic rings. The van der Waals surface area contributed by atoms with Gasteiger partial charge in [0.05, 0.1) is 6.61 Å². The third-order valence-electron chi connectivity index (χ3n) is 3.54. The molecule has 17 heavy (non-hydrogen) atoms. The van der Waals surface area contributed by atoms with Gasteiger partial charge in [0.15, 0.2) is 0 Å². The molecule has 0 spiro atoms. The van der Waals surface area contributed by atoms with Crippen molar-refractivity contribution in [3.8, 4) is 5.75 Å². The van der Waals surface area contributed by atoms with Crippen LogP contribution in [0.5, 0.6) is 5.75 Å². The molecule has 3 heteroatoms. The van der Waals surface area contributed by atoms with Gasteiger partial charge in [-0.1, -0.05) is 28.8 Å². The Kier molecular flexibility index (Phi) is 4.46. The van der Waals surface area contributed by atoms with Crippen LogP contribution < -0.4 is 10.5 Å². The average molecular weight is 298 g/mol. The molecule has 1 aliphatic carbocycles. The van der Waals surface area contributed by atoms with Crippen LogP contribution in [-0.2, 0) is 0 Å². The summed E-state index contributed by atoms with van der Waals surface area (Å²) in [5, 5.41) is 0. The van der Waals surface area contributed by atoms with Crippen LogP contribution in [0.2, 0.25) is 0 Å². The van der Waals surface area contributed by atoms with Crippen molar-refractivity contribution in [2.24, 2.45) is 11.7 Å². The predicted octanol–water partition coefficient (Wildman–Crippen LogP) is 4.04. The molecule has 0 aliphatic heterocycles. The molecule has 1 saturated carbocycles. The Balaban J connectivity index is 2.24. The fourth-order valence-electron chi connectivity index (χ4n) is 2.64. The smallest absolute Gasteiger partial charge is 0.124 e. The summed E-state index contributed by atoms with van der Waals surface area (Å²) in [5.74, 6) is 1.55. The lowest BCUT2D eigenvalue weighted by Gasteiger charge is -2.22. The van der Waals surface area contributed by atoms with Gasteiger partial charge >= 0.3 is 0 Å². The van der Waals surface area contributed by atoms with Crippen molar-refractivity contribution in [2.75, 3.05) is 6.61 Å². The Labute approximate surface area is 112 Å². The minimum Gasteiger partial charge on any atom is -0.494 e. The van der Waals surface area contributed by atoms with Gasteiger partial charge < -0.3 is 10.5 Å². The minimum atomic E-state index is 0.108. The van der Waals surface area contributed by atoms with Crippen LogP contribution in [0, 0.1) is 5.92 Å². The molecule has 0 amide bonds. The first-order chi connectivity index (χ1) is 8.22.